The molecule has 0 spiro atoms. The van der Waals surface area contributed by atoms with E-state index in [0.717, 1.165) is 5.56 Å². The smallest absolute Gasteiger partial charge is 0.132 e. The highest BCUT2D eigenvalue weighted by molar-refractivity contribution is 6.33. The van der Waals surface area contributed by atoms with Gasteiger partial charge < -0.3 is 11.5 Å². The molecule has 0 heterocycles. The molecule has 0 aliphatic carbocycles. The second-order valence-corrected chi connectivity index (χ2v) is 4.12. The van der Waals surface area contributed by atoms with E-state index >= 15 is 0 Å². The molecule has 0 amide bonds. The zero-order valence-electron chi connectivity index (χ0n) is 9.08. The van der Waals surface area contributed by atoms with Crippen LogP contribution in [0.2, 0.25) is 5.02 Å². The van der Waals surface area contributed by atoms with Crippen molar-refractivity contribution in [3.05, 3.63) is 52.8 Å². The van der Waals surface area contributed by atoms with Gasteiger partial charge in [-0.3, -0.25) is 0 Å². The van der Waals surface area contributed by atoms with Gasteiger partial charge in [-0.05, 0) is 29.3 Å². The predicted molar refractivity (Wildman–Crippen MR) is 69.1 cm³/mol. The molecule has 4 heteroatoms. The lowest BCUT2D eigenvalue weighted by molar-refractivity contribution is 0.631. The Morgan fingerprint density at radius 1 is 1.18 bits per heavy atom. The Kier molecular flexibility index (Phi) is 3.31. The van der Waals surface area contributed by atoms with Gasteiger partial charge in [-0.2, -0.15) is 0 Å². The van der Waals surface area contributed by atoms with Crippen molar-refractivity contribution >= 4 is 17.3 Å². The van der Waals surface area contributed by atoms with E-state index in [1.807, 2.05) is 0 Å². The normalized spacial score (nSPS) is 10.5. The number of hydrogen-bond acceptors (Lipinski definition) is 2. The van der Waals surface area contributed by atoms with Gasteiger partial charge in [0.2, 0.25) is 0 Å². The van der Waals surface area contributed by atoms with E-state index < -0.39 is 0 Å². The zero-order chi connectivity index (χ0) is 12.4. The molecule has 0 atom stereocenters. The van der Waals surface area contributed by atoms with Gasteiger partial charge in [0.25, 0.3) is 0 Å². The van der Waals surface area contributed by atoms with Crippen molar-refractivity contribution in [3.8, 4) is 11.1 Å². The van der Waals surface area contributed by atoms with Gasteiger partial charge in [0.15, 0.2) is 0 Å². The first kappa shape index (κ1) is 11.9. The molecule has 0 aromatic heterocycles. The Labute approximate surface area is 104 Å². The molecule has 4 N–H and O–H groups in total. The Morgan fingerprint density at radius 2 is 1.94 bits per heavy atom. The number of hydrogen-bond donors (Lipinski definition) is 2. The minimum atomic E-state index is -0.364. The maximum Gasteiger partial charge on any atom is 0.132 e. The van der Waals surface area contributed by atoms with Gasteiger partial charge in [-0.25, -0.2) is 4.39 Å². The van der Waals surface area contributed by atoms with Crippen molar-refractivity contribution in [2.24, 2.45) is 5.73 Å². The van der Waals surface area contributed by atoms with Gasteiger partial charge in [0.05, 0.1) is 5.02 Å². The number of benzene rings is 2. The van der Waals surface area contributed by atoms with Crippen LogP contribution in [-0.4, -0.2) is 0 Å². The van der Waals surface area contributed by atoms with E-state index in [9.17, 15) is 4.39 Å². The summed E-state index contributed by atoms with van der Waals surface area (Å²) in [6.07, 6.45) is 0. The molecule has 0 bridgehead atoms. The molecule has 0 fully saturated rings. The maximum atomic E-state index is 13.7. The van der Waals surface area contributed by atoms with E-state index in [1.165, 1.54) is 6.07 Å². The number of nitrogen functional groups attached to an aromatic ring is 1. The molecule has 2 aromatic carbocycles. The molecule has 2 nitrogen and oxygen atoms in total. The fourth-order valence-corrected chi connectivity index (χ4v) is 1.98. The fraction of sp³-hybridized carbons (Fsp3) is 0.0769. The van der Waals surface area contributed by atoms with E-state index in [-0.39, 0.29) is 5.82 Å². The average molecular weight is 251 g/mol. The number of anilines is 1. The van der Waals surface area contributed by atoms with Gasteiger partial charge in [-0.1, -0.05) is 29.8 Å². The SMILES string of the molecule is NCc1ccc(-c2c(F)cccc2Cl)cc1N. The molecule has 0 saturated heterocycles. The molecule has 0 aliphatic heterocycles. The van der Waals surface area contributed by atoms with Crippen LogP contribution in [0.3, 0.4) is 0 Å². The predicted octanol–water partition coefficient (Wildman–Crippen LogP) is 3.19. The summed E-state index contributed by atoms with van der Waals surface area (Å²) in [4.78, 5) is 0. The second kappa shape index (κ2) is 4.73. The fourth-order valence-electron chi connectivity index (χ4n) is 1.71. The van der Waals surface area contributed by atoms with E-state index in [0.29, 0.717) is 28.4 Å². The van der Waals surface area contributed by atoms with Gasteiger partial charge in [-0.15, -0.1) is 0 Å². The van der Waals surface area contributed by atoms with Crippen LogP contribution in [0.4, 0.5) is 10.1 Å². The summed E-state index contributed by atoms with van der Waals surface area (Å²) in [6, 6.07) is 9.82. The molecule has 2 aromatic rings. The van der Waals surface area contributed by atoms with Crippen molar-refractivity contribution < 1.29 is 4.39 Å². The molecule has 0 saturated carbocycles. The molecule has 88 valence electrons. The lowest BCUT2D eigenvalue weighted by atomic mass is 10.0. The van der Waals surface area contributed by atoms with Crippen molar-refractivity contribution in [2.45, 2.75) is 6.54 Å². The van der Waals surface area contributed by atoms with Crippen LogP contribution in [-0.2, 0) is 6.54 Å². The number of rotatable bonds is 2. The van der Waals surface area contributed by atoms with Gasteiger partial charge in [0, 0.05) is 17.8 Å². The van der Waals surface area contributed by atoms with E-state index in [2.05, 4.69) is 0 Å². The maximum absolute atomic E-state index is 13.7. The lowest BCUT2D eigenvalue weighted by Gasteiger charge is -2.09. The summed E-state index contributed by atoms with van der Waals surface area (Å²) >= 11 is 5.98. The quantitative estimate of drug-likeness (QED) is 0.805. The van der Waals surface area contributed by atoms with E-state index in [1.54, 1.807) is 30.3 Å². The monoisotopic (exact) mass is 250 g/mol. The van der Waals surface area contributed by atoms with Crippen LogP contribution >= 0.6 is 11.6 Å². The van der Waals surface area contributed by atoms with Crippen LogP contribution in [0.15, 0.2) is 36.4 Å². The molecule has 17 heavy (non-hydrogen) atoms. The van der Waals surface area contributed by atoms with Crippen molar-refractivity contribution in [1.82, 2.24) is 0 Å². The van der Waals surface area contributed by atoms with Crippen molar-refractivity contribution in [2.75, 3.05) is 5.73 Å². The van der Waals surface area contributed by atoms with Crippen molar-refractivity contribution in [3.63, 3.8) is 0 Å². The minimum absolute atomic E-state index is 0.358. The van der Waals surface area contributed by atoms with E-state index in [4.69, 9.17) is 23.1 Å². The summed E-state index contributed by atoms with van der Waals surface area (Å²) in [5, 5.41) is 0.366. The first-order valence-electron chi connectivity index (χ1n) is 5.16. The summed E-state index contributed by atoms with van der Waals surface area (Å²) in [5.74, 6) is -0.364. The highest BCUT2D eigenvalue weighted by atomic mass is 35.5. The molecular formula is C13H12ClFN2. The minimum Gasteiger partial charge on any atom is -0.398 e. The standard InChI is InChI=1S/C13H12ClFN2/c14-10-2-1-3-11(15)13(10)8-4-5-9(7-16)12(17)6-8/h1-6H,7,16-17H2. The molecular weight excluding hydrogens is 239 g/mol. The summed E-state index contributed by atoms with van der Waals surface area (Å²) in [6.45, 7) is 0.358. The Bertz CT molecular complexity index is 535. The largest absolute Gasteiger partial charge is 0.398 e. The number of nitrogens with two attached hydrogens (primary N) is 2. The molecule has 0 radical (unpaired) electrons. The third-order valence-electron chi connectivity index (χ3n) is 2.62. The Balaban J connectivity index is 2.57. The van der Waals surface area contributed by atoms with Crippen LogP contribution in [0, 0.1) is 5.82 Å². The van der Waals surface area contributed by atoms with Crippen LogP contribution in [0.1, 0.15) is 5.56 Å². The summed E-state index contributed by atoms with van der Waals surface area (Å²) < 4.78 is 13.7. The third-order valence-corrected chi connectivity index (χ3v) is 2.93. The zero-order valence-corrected chi connectivity index (χ0v) is 9.84. The topological polar surface area (TPSA) is 52.0 Å². The van der Waals surface area contributed by atoms with Gasteiger partial charge in [0.1, 0.15) is 5.82 Å². The molecule has 2 rings (SSSR count). The first-order chi connectivity index (χ1) is 8.13. The lowest BCUT2D eigenvalue weighted by Crippen LogP contribution is -2.01. The Hall–Kier alpha value is -1.58. The second-order valence-electron chi connectivity index (χ2n) is 3.71. The molecule has 0 aliphatic rings. The summed E-state index contributed by atoms with van der Waals surface area (Å²) in [5.41, 5.74) is 13.7. The Morgan fingerprint density at radius 3 is 2.53 bits per heavy atom. The van der Waals surface area contributed by atoms with Gasteiger partial charge >= 0.3 is 0 Å². The van der Waals surface area contributed by atoms with Crippen LogP contribution in [0.5, 0.6) is 0 Å². The van der Waals surface area contributed by atoms with Crippen molar-refractivity contribution in [1.29, 1.82) is 0 Å². The first-order valence-corrected chi connectivity index (χ1v) is 5.54. The molecule has 0 unspecified atom stereocenters. The summed E-state index contributed by atoms with van der Waals surface area (Å²) in [7, 11) is 0. The van der Waals surface area contributed by atoms with Crippen LogP contribution < -0.4 is 11.5 Å². The van der Waals surface area contributed by atoms with Crippen LogP contribution in [0.25, 0.3) is 11.1 Å². The highest BCUT2D eigenvalue weighted by Gasteiger charge is 2.10. The third kappa shape index (κ3) is 2.25. The average Bonchev–Trinajstić information content (AvgIpc) is 2.29. The number of halogens is 2. The highest BCUT2D eigenvalue weighted by Crippen LogP contribution is 2.32.